The van der Waals surface area contributed by atoms with Gasteiger partial charge < -0.3 is 9.47 Å². The van der Waals surface area contributed by atoms with E-state index in [1.54, 1.807) is 11.3 Å². The summed E-state index contributed by atoms with van der Waals surface area (Å²) in [6.45, 7) is 6.70. The second kappa shape index (κ2) is 10.6. The Morgan fingerprint density at radius 3 is 2.69 bits per heavy atom. The first-order valence-electron chi connectivity index (χ1n) is 13.4. The highest BCUT2D eigenvalue weighted by Crippen LogP contribution is 2.42. The van der Waals surface area contributed by atoms with E-state index in [4.69, 9.17) is 9.47 Å². The van der Waals surface area contributed by atoms with E-state index in [0.29, 0.717) is 6.61 Å². The molecule has 3 heterocycles. The molecule has 0 fully saturated rings. The zero-order valence-corrected chi connectivity index (χ0v) is 23.3. The van der Waals surface area contributed by atoms with Crippen molar-refractivity contribution in [1.82, 2.24) is 10.9 Å². The van der Waals surface area contributed by atoms with Crippen molar-refractivity contribution in [3.8, 4) is 34.5 Å². The van der Waals surface area contributed by atoms with Crippen LogP contribution in [0.25, 0.3) is 21.2 Å². The fourth-order valence-corrected chi connectivity index (χ4v) is 6.24. The van der Waals surface area contributed by atoms with E-state index in [-0.39, 0.29) is 17.7 Å². The Bertz CT molecular complexity index is 1570. The number of nitrogens with one attached hydrogen (secondary N) is 2. The maximum Gasteiger partial charge on any atom is 0.133 e. The zero-order chi connectivity index (χ0) is 26.8. The molecule has 2 aliphatic heterocycles. The fourth-order valence-electron chi connectivity index (χ4n) is 5.30. The molecule has 0 saturated carbocycles. The van der Waals surface area contributed by atoms with Crippen LogP contribution in [0.15, 0.2) is 76.5 Å². The second-order valence-corrected chi connectivity index (χ2v) is 11.6. The average Bonchev–Trinajstić information content (AvgIpc) is 3.61. The van der Waals surface area contributed by atoms with E-state index in [2.05, 4.69) is 101 Å². The third-order valence-corrected chi connectivity index (χ3v) is 8.34. The van der Waals surface area contributed by atoms with Crippen molar-refractivity contribution < 1.29 is 9.47 Å². The molecule has 0 unspecified atom stereocenters. The monoisotopic (exact) mass is 536 g/mol. The Hall–Kier alpha value is -4.02. The Kier molecular flexibility index (Phi) is 6.88. The smallest absolute Gasteiger partial charge is 0.133 e. The minimum atomic E-state index is -0.119. The Morgan fingerprint density at radius 1 is 1.08 bits per heavy atom. The van der Waals surface area contributed by atoms with Crippen LogP contribution in [0.1, 0.15) is 56.2 Å². The highest BCUT2D eigenvalue weighted by Gasteiger charge is 2.28. The van der Waals surface area contributed by atoms with Crippen molar-refractivity contribution in [2.75, 3.05) is 0 Å². The van der Waals surface area contributed by atoms with Gasteiger partial charge in [0.25, 0.3) is 0 Å². The number of thiophene rings is 1. The van der Waals surface area contributed by atoms with Crippen LogP contribution >= 0.6 is 11.3 Å². The number of ether oxygens (including phenoxy) is 2. The van der Waals surface area contributed by atoms with Crippen molar-refractivity contribution in [2.45, 2.75) is 64.3 Å². The van der Waals surface area contributed by atoms with E-state index in [1.165, 1.54) is 26.8 Å². The first-order chi connectivity index (χ1) is 19.0. The molecule has 4 aromatic rings. The minimum Gasteiger partial charge on any atom is -0.489 e. The zero-order valence-electron chi connectivity index (χ0n) is 22.5. The topological polar surface area (TPSA) is 67.2 Å². The summed E-state index contributed by atoms with van der Waals surface area (Å²) in [7, 11) is 0. The number of benzene rings is 3. The third-order valence-electron chi connectivity index (χ3n) is 7.38. The Morgan fingerprint density at radius 2 is 1.90 bits per heavy atom. The number of hydrogen-bond acceptors (Lipinski definition) is 7. The molecule has 0 spiro atoms. The van der Waals surface area contributed by atoms with Gasteiger partial charge in [0.15, 0.2) is 0 Å². The van der Waals surface area contributed by atoms with E-state index < -0.39 is 0 Å². The summed E-state index contributed by atoms with van der Waals surface area (Å²) in [6, 6.07) is 21.3. The van der Waals surface area contributed by atoms with Crippen molar-refractivity contribution in [2.24, 2.45) is 10.4 Å². The molecule has 2 aliphatic rings. The molecule has 6 nitrogen and oxygen atoms in total. The largest absolute Gasteiger partial charge is 0.489 e. The van der Waals surface area contributed by atoms with Gasteiger partial charge >= 0.3 is 0 Å². The predicted molar refractivity (Wildman–Crippen MR) is 157 cm³/mol. The first-order valence-corrected chi connectivity index (χ1v) is 14.2. The van der Waals surface area contributed by atoms with Gasteiger partial charge in [-0.15, -0.1) is 17.3 Å². The van der Waals surface area contributed by atoms with Crippen molar-refractivity contribution in [3.05, 3.63) is 82.7 Å². The molecule has 1 aromatic heterocycles. The van der Waals surface area contributed by atoms with Gasteiger partial charge in [0, 0.05) is 33.6 Å². The van der Waals surface area contributed by atoms with Crippen molar-refractivity contribution in [1.29, 1.82) is 0 Å². The van der Waals surface area contributed by atoms with Crippen molar-refractivity contribution >= 4 is 21.4 Å². The average molecular weight is 537 g/mol. The predicted octanol–water partition coefficient (Wildman–Crippen LogP) is 7.55. The molecule has 0 bridgehead atoms. The summed E-state index contributed by atoms with van der Waals surface area (Å²) in [4.78, 5) is 0. The molecular formula is C32H32N4O2S. The molecule has 6 rings (SSSR count). The van der Waals surface area contributed by atoms with Gasteiger partial charge in [-0.3, -0.25) is 10.9 Å². The van der Waals surface area contributed by atoms with Crippen LogP contribution in [-0.2, 0) is 13.0 Å². The standard InChI is InChI=1S/C32H32N4O2S/c1-4-6-23(18-31-33-35-36-34-31)22-10-12-24(13-11-22)37-19-21-9-14-30-27(17-21)28(20-39-30)25-7-5-8-29-26(25)15-16-32(2,3)38-29/h5,7-14,17,20,23,31H,15-16,18-19H2,1-3H3,(H,33,36)(H,34,35)/t23-/m0/s1. The third kappa shape index (κ3) is 5.43. The van der Waals surface area contributed by atoms with Crippen LogP contribution in [0.2, 0.25) is 0 Å². The summed E-state index contributed by atoms with van der Waals surface area (Å²) in [5.74, 6) is 8.28. The summed E-state index contributed by atoms with van der Waals surface area (Å²) in [6.07, 6.45) is 2.80. The first kappa shape index (κ1) is 25.3. The van der Waals surface area contributed by atoms with E-state index >= 15 is 0 Å². The molecule has 0 aliphatic carbocycles. The lowest BCUT2D eigenvalue weighted by Gasteiger charge is -2.33. The molecule has 198 valence electrons. The molecule has 0 radical (unpaired) electrons. The number of nitrogens with zero attached hydrogens (tertiary/aromatic N) is 2. The summed E-state index contributed by atoms with van der Waals surface area (Å²) in [5.41, 5.74) is 12.0. The lowest BCUT2D eigenvalue weighted by atomic mass is 9.89. The van der Waals surface area contributed by atoms with Gasteiger partial charge in [0.1, 0.15) is 29.9 Å². The molecule has 7 heteroatoms. The van der Waals surface area contributed by atoms with Gasteiger partial charge in [-0.05, 0) is 86.0 Å². The molecule has 2 N–H and O–H groups in total. The molecule has 0 amide bonds. The number of rotatable bonds is 7. The van der Waals surface area contributed by atoms with E-state index in [1.807, 2.05) is 19.1 Å². The van der Waals surface area contributed by atoms with E-state index in [0.717, 1.165) is 41.9 Å². The van der Waals surface area contributed by atoms with E-state index in [9.17, 15) is 0 Å². The molecule has 3 aromatic carbocycles. The molecule has 39 heavy (non-hydrogen) atoms. The normalized spacial score (nSPS) is 16.4. The second-order valence-electron chi connectivity index (χ2n) is 10.7. The number of fused-ring (bicyclic) bond motifs is 2. The highest BCUT2D eigenvalue weighted by atomic mass is 32.1. The Balaban J connectivity index is 1.18. The molecule has 0 saturated heterocycles. The lowest BCUT2D eigenvalue weighted by Crippen LogP contribution is -2.32. The maximum atomic E-state index is 6.31. The van der Waals surface area contributed by atoms with Crippen LogP contribution in [0.3, 0.4) is 0 Å². The van der Waals surface area contributed by atoms with Crippen LogP contribution in [0.5, 0.6) is 11.5 Å². The summed E-state index contributed by atoms with van der Waals surface area (Å²) >= 11 is 1.79. The maximum absolute atomic E-state index is 6.31. The quantitative estimate of drug-likeness (QED) is 0.239. The van der Waals surface area contributed by atoms with Crippen molar-refractivity contribution in [3.63, 3.8) is 0 Å². The summed E-state index contributed by atoms with van der Waals surface area (Å²) < 4.78 is 13.8. The minimum absolute atomic E-state index is 0.00977. The van der Waals surface area contributed by atoms with Crippen LogP contribution in [-0.4, -0.2) is 11.8 Å². The van der Waals surface area contributed by atoms with Crippen LogP contribution in [0, 0.1) is 11.8 Å². The molecule has 1 atom stereocenters. The van der Waals surface area contributed by atoms with Crippen LogP contribution in [0.4, 0.5) is 0 Å². The Labute approximate surface area is 233 Å². The van der Waals surface area contributed by atoms with Gasteiger partial charge in [0.2, 0.25) is 0 Å². The van der Waals surface area contributed by atoms with Gasteiger partial charge in [-0.2, -0.15) is 0 Å². The van der Waals surface area contributed by atoms with Crippen LogP contribution < -0.4 is 20.3 Å². The number of hydrogen-bond donors (Lipinski definition) is 2. The lowest BCUT2D eigenvalue weighted by molar-refractivity contribution is 0.0849. The van der Waals surface area contributed by atoms with Gasteiger partial charge in [0.05, 0.1) is 0 Å². The van der Waals surface area contributed by atoms with Gasteiger partial charge in [-0.1, -0.05) is 46.7 Å². The summed E-state index contributed by atoms with van der Waals surface area (Å²) in [5, 5.41) is 11.1. The van der Waals surface area contributed by atoms with Gasteiger partial charge in [-0.25, -0.2) is 0 Å². The SMILES string of the molecule is CC#C[C@@H](CC1NN=NN1)c1ccc(OCc2ccc3scc(-c4cccc5c4CCC(C)(C)O5)c3c2)cc1. The fraction of sp³-hybridized carbons (Fsp3) is 0.312. The highest BCUT2D eigenvalue weighted by molar-refractivity contribution is 7.17. The molecular weight excluding hydrogens is 504 g/mol.